The predicted molar refractivity (Wildman–Crippen MR) is 97.8 cm³/mol. The van der Waals surface area contributed by atoms with Gasteiger partial charge in [-0.15, -0.1) is 0 Å². The number of benzene rings is 2. The molecule has 122 valence electrons. The molecule has 0 saturated carbocycles. The molecular weight excluding hydrogens is 300 g/mol. The molecule has 3 rings (SSSR count). The van der Waals surface area contributed by atoms with Gasteiger partial charge in [-0.05, 0) is 28.3 Å². The third kappa shape index (κ3) is 3.42. The summed E-state index contributed by atoms with van der Waals surface area (Å²) in [5, 5.41) is 2.06. The normalized spacial score (nSPS) is 18.0. The zero-order chi connectivity index (χ0) is 16.3. The van der Waals surface area contributed by atoms with Crippen LogP contribution >= 0.6 is 0 Å². The van der Waals surface area contributed by atoms with Crippen LogP contribution in [0.3, 0.4) is 0 Å². The van der Waals surface area contributed by atoms with Crippen LogP contribution in [0.2, 0.25) is 5.04 Å². The minimum Gasteiger partial charge on any atom is -0.424 e. The molecule has 1 heterocycles. The molecule has 1 aliphatic heterocycles. The molecule has 0 aliphatic carbocycles. The largest absolute Gasteiger partial charge is 0.424 e. The molecule has 0 unspecified atom stereocenters. The van der Waals surface area contributed by atoms with Gasteiger partial charge in [0.2, 0.25) is 0 Å². The summed E-state index contributed by atoms with van der Waals surface area (Å²) in [7, 11) is -2.82. The molecule has 1 atom stereocenters. The van der Waals surface area contributed by atoms with Gasteiger partial charge < -0.3 is 9.53 Å². The smallest absolute Gasteiger partial charge is 0.258 e. The van der Waals surface area contributed by atoms with Gasteiger partial charge in [0.1, 0.15) is 0 Å². The van der Waals surface area contributed by atoms with Crippen molar-refractivity contribution in [2.75, 3.05) is 6.61 Å². The SMILES string of the molecule is CC(C)(CCC[C@@H]1CO1)[Si](O)(c1ccccc1)c1ccccc1. The van der Waals surface area contributed by atoms with Crippen molar-refractivity contribution in [1.29, 1.82) is 0 Å². The van der Waals surface area contributed by atoms with Crippen LogP contribution in [-0.2, 0) is 4.74 Å². The van der Waals surface area contributed by atoms with Crippen LogP contribution in [-0.4, -0.2) is 25.8 Å². The van der Waals surface area contributed by atoms with Crippen molar-refractivity contribution in [3.05, 3.63) is 60.7 Å². The summed E-state index contributed by atoms with van der Waals surface area (Å²) in [6.45, 7) is 5.37. The maximum Gasteiger partial charge on any atom is 0.258 e. The molecule has 2 aromatic rings. The first-order chi connectivity index (χ1) is 11.0. The van der Waals surface area contributed by atoms with Gasteiger partial charge in [0.25, 0.3) is 8.32 Å². The van der Waals surface area contributed by atoms with Gasteiger partial charge in [0.05, 0.1) is 12.7 Å². The number of hydrogen-bond donors (Lipinski definition) is 1. The highest BCUT2D eigenvalue weighted by atomic mass is 28.4. The van der Waals surface area contributed by atoms with E-state index in [2.05, 4.69) is 38.1 Å². The van der Waals surface area contributed by atoms with E-state index < -0.39 is 8.32 Å². The monoisotopic (exact) mass is 326 g/mol. The average molecular weight is 327 g/mol. The second kappa shape index (κ2) is 6.60. The molecule has 1 N–H and O–H groups in total. The van der Waals surface area contributed by atoms with E-state index in [4.69, 9.17) is 4.74 Å². The summed E-state index contributed by atoms with van der Waals surface area (Å²) in [5.74, 6) is 0. The molecule has 23 heavy (non-hydrogen) atoms. The van der Waals surface area contributed by atoms with E-state index >= 15 is 0 Å². The zero-order valence-electron chi connectivity index (χ0n) is 14.0. The summed E-state index contributed by atoms with van der Waals surface area (Å²) in [4.78, 5) is 12.0. The number of hydrogen-bond acceptors (Lipinski definition) is 2. The Labute approximate surface area is 140 Å². The lowest BCUT2D eigenvalue weighted by atomic mass is 10.0. The van der Waals surface area contributed by atoms with Gasteiger partial charge in [-0.3, -0.25) is 0 Å². The Bertz CT molecular complexity index is 581. The lowest BCUT2D eigenvalue weighted by Gasteiger charge is -2.41. The maximum absolute atomic E-state index is 12.0. The third-order valence-corrected chi connectivity index (χ3v) is 9.64. The Kier molecular flexibility index (Phi) is 4.71. The van der Waals surface area contributed by atoms with E-state index in [1.165, 1.54) is 0 Å². The Morgan fingerprint density at radius 1 is 1.00 bits per heavy atom. The zero-order valence-corrected chi connectivity index (χ0v) is 15.0. The molecule has 3 heteroatoms. The predicted octanol–water partition coefficient (Wildman–Crippen LogP) is 3.09. The van der Waals surface area contributed by atoms with Gasteiger partial charge in [-0.1, -0.05) is 80.9 Å². The Hall–Kier alpha value is -1.42. The fourth-order valence-electron chi connectivity index (χ4n) is 3.49. The number of rotatable bonds is 7. The molecule has 0 aromatic heterocycles. The van der Waals surface area contributed by atoms with E-state index in [1.54, 1.807) is 0 Å². The van der Waals surface area contributed by atoms with Crippen LogP contribution in [0.4, 0.5) is 0 Å². The molecule has 2 aromatic carbocycles. The quantitative estimate of drug-likeness (QED) is 0.626. The van der Waals surface area contributed by atoms with E-state index in [0.717, 1.165) is 36.2 Å². The Balaban J connectivity index is 1.93. The topological polar surface area (TPSA) is 32.8 Å². The van der Waals surface area contributed by atoms with Crippen molar-refractivity contribution in [1.82, 2.24) is 0 Å². The lowest BCUT2D eigenvalue weighted by molar-refractivity contribution is 0.377. The van der Waals surface area contributed by atoms with Gasteiger partial charge >= 0.3 is 0 Å². The van der Waals surface area contributed by atoms with E-state index in [9.17, 15) is 4.80 Å². The first kappa shape index (κ1) is 16.4. The Morgan fingerprint density at radius 2 is 1.48 bits per heavy atom. The first-order valence-corrected chi connectivity index (χ1v) is 10.4. The minimum atomic E-state index is -2.82. The molecule has 1 fully saturated rings. The fourth-order valence-corrected chi connectivity index (χ4v) is 7.28. The van der Waals surface area contributed by atoms with Crippen LogP contribution in [0.1, 0.15) is 33.1 Å². The van der Waals surface area contributed by atoms with Crippen molar-refractivity contribution < 1.29 is 9.53 Å². The highest BCUT2D eigenvalue weighted by molar-refractivity contribution is 6.98. The van der Waals surface area contributed by atoms with Gasteiger partial charge in [0, 0.05) is 0 Å². The number of ether oxygens (including phenoxy) is 1. The molecule has 1 saturated heterocycles. The van der Waals surface area contributed by atoms with Crippen molar-refractivity contribution in [2.45, 2.75) is 44.3 Å². The molecule has 1 aliphatic rings. The van der Waals surface area contributed by atoms with Crippen LogP contribution in [0, 0.1) is 0 Å². The van der Waals surface area contributed by atoms with Crippen LogP contribution < -0.4 is 10.4 Å². The summed E-state index contributed by atoms with van der Waals surface area (Å²) in [5.41, 5.74) is 0. The van der Waals surface area contributed by atoms with Crippen molar-refractivity contribution >= 4 is 18.7 Å². The summed E-state index contributed by atoms with van der Waals surface area (Å²) in [6, 6.07) is 20.5. The lowest BCUT2D eigenvalue weighted by Crippen LogP contribution is -2.65. The van der Waals surface area contributed by atoms with Crippen LogP contribution in [0.25, 0.3) is 0 Å². The molecule has 0 spiro atoms. The second-order valence-corrected chi connectivity index (χ2v) is 11.1. The summed E-state index contributed by atoms with van der Waals surface area (Å²) >= 11 is 0. The van der Waals surface area contributed by atoms with Gasteiger partial charge in [-0.25, -0.2) is 0 Å². The minimum absolute atomic E-state index is 0.134. The van der Waals surface area contributed by atoms with E-state index in [0.29, 0.717) is 6.10 Å². The molecule has 0 amide bonds. The number of epoxide rings is 1. The average Bonchev–Trinajstić information content (AvgIpc) is 3.39. The van der Waals surface area contributed by atoms with E-state index in [-0.39, 0.29) is 5.04 Å². The standard InChI is InChI=1S/C20H26O2Si/c1-20(2,15-9-10-17-16-22-17)23(21,18-11-5-3-6-12-18)19-13-7-4-8-14-19/h3-8,11-14,17,21H,9-10,15-16H2,1-2H3/t17-/m1/s1. The van der Waals surface area contributed by atoms with Crippen molar-refractivity contribution in [3.8, 4) is 0 Å². The fraction of sp³-hybridized carbons (Fsp3) is 0.400. The summed E-state index contributed by atoms with van der Waals surface area (Å²) in [6.07, 6.45) is 3.69. The highest BCUT2D eigenvalue weighted by Crippen LogP contribution is 2.40. The Morgan fingerprint density at radius 3 is 1.91 bits per heavy atom. The van der Waals surface area contributed by atoms with Crippen LogP contribution in [0.5, 0.6) is 0 Å². The van der Waals surface area contributed by atoms with Gasteiger partial charge in [0.15, 0.2) is 0 Å². The van der Waals surface area contributed by atoms with Gasteiger partial charge in [-0.2, -0.15) is 0 Å². The maximum atomic E-state index is 12.0. The van der Waals surface area contributed by atoms with Crippen LogP contribution in [0.15, 0.2) is 60.7 Å². The third-order valence-electron chi connectivity index (χ3n) is 5.09. The van der Waals surface area contributed by atoms with E-state index in [1.807, 2.05) is 36.4 Å². The molecular formula is C20H26O2Si. The molecule has 0 bridgehead atoms. The highest BCUT2D eigenvalue weighted by Gasteiger charge is 2.49. The summed E-state index contributed by atoms with van der Waals surface area (Å²) < 4.78 is 5.33. The molecule has 2 nitrogen and oxygen atoms in total. The van der Waals surface area contributed by atoms with Crippen molar-refractivity contribution in [3.63, 3.8) is 0 Å². The molecule has 0 radical (unpaired) electrons. The van der Waals surface area contributed by atoms with Crippen molar-refractivity contribution in [2.24, 2.45) is 0 Å². The first-order valence-electron chi connectivity index (χ1n) is 8.49. The second-order valence-electron chi connectivity index (χ2n) is 7.17.